The number of allylic oxidation sites excluding steroid dienone is 4. The van der Waals surface area contributed by atoms with Crippen LogP contribution >= 0.6 is 0 Å². The van der Waals surface area contributed by atoms with Crippen LogP contribution in [0.4, 0.5) is 4.79 Å². The van der Waals surface area contributed by atoms with E-state index in [2.05, 4.69) is 17.2 Å². The maximum absolute atomic E-state index is 11.7. The van der Waals surface area contributed by atoms with Crippen molar-refractivity contribution in [2.24, 2.45) is 10.9 Å². The minimum Gasteiger partial charge on any atom is -0.336 e. The molecule has 1 aliphatic rings. The molecule has 0 spiro atoms. The number of urea groups is 1. The molecule has 0 aromatic heterocycles. The number of unbranched alkanes of at least 4 members (excludes halogenated alkanes) is 1. The summed E-state index contributed by atoms with van der Waals surface area (Å²) in [5.74, 6) is 0.157. The number of nitrogens with zero attached hydrogens (tertiary/aromatic N) is 1. The van der Waals surface area contributed by atoms with Gasteiger partial charge in [0.1, 0.15) is 0 Å². The molecule has 4 nitrogen and oxygen atoms in total. The third-order valence-corrected chi connectivity index (χ3v) is 2.97. The van der Waals surface area contributed by atoms with Gasteiger partial charge in [0, 0.05) is 6.54 Å². The van der Waals surface area contributed by atoms with E-state index in [1.165, 1.54) is 0 Å². The maximum atomic E-state index is 11.7. The van der Waals surface area contributed by atoms with Crippen molar-refractivity contribution in [2.45, 2.75) is 40.5 Å². The average molecular weight is 262 g/mol. The molecule has 0 atom stereocenters. The largest absolute Gasteiger partial charge is 0.341 e. The zero-order chi connectivity index (χ0) is 14.4. The Balaban J connectivity index is 2.86. The van der Waals surface area contributed by atoms with E-state index in [0.29, 0.717) is 17.8 Å². The first-order valence-electron chi connectivity index (χ1n) is 6.76. The van der Waals surface area contributed by atoms with E-state index in [1.54, 1.807) is 19.1 Å². The third kappa shape index (κ3) is 4.47. The van der Waals surface area contributed by atoms with Crippen LogP contribution in [0.3, 0.4) is 0 Å². The van der Waals surface area contributed by atoms with Gasteiger partial charge in [-0.2, -0.15) is 4.99 Å². The van der Waals surface area contributed by atoms with E-state index in [-0.39, 0.29) is 17.7 Å². The molecule has 1 N–H and O–H groups in total. The van der Waals surface area contributed by atoms with Gasteiger partial charge in [-0.3, -0.25) is 4.79 Å². The zero-order valence-electron chi connectivity index (χ0n) is 12.1. The molecule has 0 saturated carbocycles. The summed E-state index contributed by atoms with van der Waals surface area (Å²) < 4.78 is 0. The van der Waals surface area contributed by atoms with Crippen molar-refractivity contribution in [3.8, 4) is 0 Å². The first-order valence-corrected chi connectivity index (χ1v) is 6.76. The van der Waals surface area contributed by atoms with Crippen LogP contribution in [-0.4, -0.2) is 24.1 Å². The summed E-state index contributed by atoms with van der Waals surface area (Å²) >= 11 is 0. The molecular weight excluding hydrogens is 240 g/mol. The van der Waals surface area contributed by atoms with Crippen molar-refractivity contribution < 1.29 is 9.59 Å². The Labute approximate surface area is 114 Å². The van der Waals surface area contributed by atoms with E-state index in [9.17, 15) is 9.59 Å². The second-order valence-electron chi connectivity index (χ2n) is 5.03. The van der Waals surface area contributed by atoms with Crippen molar-refractivity contribution in [1.82, 2.24) is 5.32 Å². The van der Waals surface area contributed by atoms with Crippen molar-refractivity contribution >= 4 is 17.5 Å². The summed E-state index contributed by atoms with van der Waals surface area (Å²) in [5, 5.41) is 2.75. The van der Waals surface area contributed by atoms with Crippen LogP contribution in [0.2, 0.25) is 0 Å². The smallest absolute Gasteiger partial charge is 0.336 e. The first-order chi connectivity index (χ1) is 8.95. The Bertz CT molecular complexity index is 457. The molecule has 1 aliphatic carbocycles. The number of ketones is 1. The van der Waals surface area contributed by atoms with Gasteiger partial charge in [0.15, 0.2) is 5.78 Å². The minimum absolute atomic E-state index is 0.00552. The molecule has 0 aromatic rings. The lowest BCUT2D eigenvalue weighted by atomic mass is 9.90. The van der Waals surface area contributed by atoms with Crippen LogP contribution in [0.5, 0.6) is 0 Å². The monoisotopic (exact) mass is 262 g/mol. The van der Waals surface area contributed by atoms with Crippen LogP contribution in [0.25, 0.3) is 0 Å². The molecule has 1 rings (SSSR count). The van der Waals surface area contributed by atoms with Crippen LogP contribution in [0, 0.1) is 5.92 Å². The van der Waals surface area contributed by atoms with Crippen molar-refractivity contribution in [2.75, 3.05) is 6.54 Å². The highest BCUT2D eigenvalue weighted by molar-refractivity contribution is 6.23. The van der Waals surface area contributed by atoms with Crippen LogP contribution in [0.15, 0.2) is 28.3 Å². The van der Waals surface area contributed by atoms with Crippen LogP contribution in [-0.2, 0) is 4.79 Å². The second kappa shape index (κ2) is 7.02. The molecule has 2 amide bonds. The number of aliphatic imine (C=N–C) groups is 1. The third-order valence-electron chi connectivity index (χ3n) is 2.97. The Kier molecular flexibility index (Phi) is 5.67. The van der Waals surface area contributed by atoms with Gasteiger partial charge in [-0.15, -0.1) is 0 Å². The lowest BCUT2D eigenvalue weighted by molar-refractivity contribution is -0.111. The predicted molar refractivity (Wildman–Crippen MR) is 77.4 cm³/mol. The topological polar surface area (TPSA) is 58.5 Å². The number of rotatable bonds is 4. The normalized spacial score (nSPS) is 17.5. The van der Waals surface area contributed by atoms with Crippen LogP contribution in [0.1, 0.15) is 40.5 Å². The Morgan fingerprint density at radius 3 is 2.63 bits per heavy atom. The first kappa shape index (κ1) is 15.3. The molecule has 0 radical (unpaired) electrons. The zero-order valence-corrected chi connectivity index (χ0v) is 12.1. The molecule has 104 valence electrons. The van der Waals surface area contributed by atoms with Gasteiger partial charge in [-0.25, -0.2) is 4.79 Å². The second-order valence-corrected chi connectivity index (χ2v) is 5.03. The van der Waals surface area contributed by atoms with E-state index in [4.69, 9.17) is 0 Å². The summed E-state index contributed by atoms with van der Waals surface area (Å²) in [7, 11) is 0. The SMILES string of the molecule is CCCCNC(=O)N=C1C=C(C)C(=O)C=C1C(C)C. The highest BCUT2D eigenvalue weighted by Crippen LogP contribution is 2.19. The van der Waals surface area contributed by atoms with Crippen molar-refractivity contribution in [3.63, 3.8) is 0 Å². The minimum atomic E-state index is -0.339. The highest BCUT2D eigenvalue weighted by atomic mass is 16.2. The number of carbonyl (C=O) groups excluding carboxylic acids is 2. The van der Waals surface area contributed by atoms with Crippen molar-refractivity contribution in [1.29, 1.82) is 0 Å². The molecule has 0 aliphatic heterocycles. The summed E-state index contributed by atoms with van der Waals surface area (Å²) in [5.41, 5.74) is 2.03. The Morgan fingerprint density at radius 2 is 2.05 bits per heavy atom. The fraction of sp³-hybridized carbons (Fsp3) is 0.533. The van der Waals surface area contributed by atoms with E-state index in [1.807, 2.05) is 13.8 Å². The number of hydrogen-bond acceptors (Lipinski definition) is 2. The van der Waals surface area contributed by atoms with E-state index in [0.717, 1.165) is 18.4 Å². The van der Waals surface area contributed by atoms with Gasteiger partial charge in [0.05, 0.1) is 5.71 Å². The van der Waals surface area contributed by atoms with Gasteiger partial charge in [-0.1, -0.05) is 27.2 Å². The quantitative estimate of drug-likeness (QED) is 0.625. The Morgan fingerprint density at radius 1 is 1.37 bits per heavy atom. The van der Waals surface area contributed by atoms with E-state index >= 15 is 0 Å². The fourth-order valence-electron chi connectivity index (χ4n) is 1.77. The lowest BCUT2D eigenvalue weighted by Crippen LogP contribution is -2.24. The maximum Gasteiger partial charge on any atom is 0.341 e. The van der Waals surface area contributed by atoms with Gasteiger partial charge in [-0.05, 0) is 42.6 Å². The molecule has 4 heteroatoms. The molecule has 0 heterocycles. The van der Waals surface area contributed by atoms with Gasteiger partial charge in [0.25, 0.3) is 0 Å². The summed E-state index contributed by atoms with van der Waals surface area (Å²) in [6.45, 7) is 8.40. The predicted octanol–water partition coefficient (Wildman–Crippen LogP) is 3.05. The molecule has 0 saturated heterocycles. The molecule has 0 fully saturated rings. The summed E-state index contributed by atoms with van der Waals surface area (Å²) in [4.78, 5) is 27.4. The average Bonchev–Trinajstić information content (AvgIpc) is 2.33. The number of carbonyl (C=O) groups is 2. The molecule has 0 unspecified atom stereocenters. The van der Waals surface area contributed by atoms with Crippen molar-refractivity contribution in [3.05, 3.63) is 23.3 Å². The summed E-state index contributed by atoms with van der Waals surface area (Å²) in [6.07, 6.45) is 5.24. The summed E-state index contributed by atoms with van der Waals surface area (Å²) in [6, 6.07) is -0.339. The van der Waals surface area contributed by atoms with Gasteiger partial charge >= 0.3 is 6.03 Å². The number of hydrogen-bond donors (Lipinski definition) is 1. The molecule has 0 bridgehead atoms. The number of amides is 2. The Hall–Kier alpha value is -1.71. The van der Waals surface area contributed by atoms with Crippen LogP contribution < -0.4 is 5.32 Å². The lowest BCUT2D eigenvalue weighted by Gasteiger charge is -2.16. The van der Waals surface area contributed by atoms with E-state index < -0.39 is 0 Å². The van der Waals surface area contributed by atoms with Gasteiger partial charge in [0.2, 0.25) is 0 Å². The molecule has 19 heavy (non-hydrogen) atoms. The number of nitrogens with one attached hydrogen (secondary N) is 1. The highest BCUT2D eigenvalue weighted by Gasteiger charge is 2.19. The molecular formula is C15H22N2O2. The molecule has 0 aromatic carbocycles. The fourth-order valence-corrected chi connectivity index (χ4v) is 1.77. The standard InChI is InChI=1S/C15H22N2O2/c1-5-6-7-16-15(19)17-13-8-11(4)14(18)9-12(13)10(2)3/h8-10H,5-7H2,1-4H3,(H,16,19). The van der Waals surface area contributed by atoms with Gasteiger partial charge < -0.3 is 5.32 Å².